The highest BCUT2D eigenvalue weighted by molar-refractivity contribution is 9.10. The number of halogens is 7. The largest absolute Gasteiger partial charge is 0.490 e. The Balaban J connectivity index is 0.000000227. The fourth-order valence-corrected chi connectivity index (χ4v) is 10.5. The van der Waals surface area contributed by atoms with E-state index in [4.69, 9.17) is 14.2 Å². The molecule has 4 amide bonds. The Hall–Kier alpha value is -8.18. The summed E-state index contributed by atoms with van der Waals surface area (Å²) in [5, 5.41) is 14.0. The average Bonchev–Trinajstić information content (AvgIpc) is 1.76. The molecule has 0 spiro atoms. The quantitative estimate of drug-likeness (QED) is 0.115. The summed E-state index contributed by atoms with van der Waals surface area (Å²) < 4.78 is 101. The summed E-state index contributed by atoms with van der Waals surface area (Å²) in [4.78, 5) is 95.2. The van der Waals surface area contributed by atoms with Crippen LogP contribution in [0.15, 0.2) is 56.8 Å². The summed E-state index contributed by atoms with van der Waals surface area (Å²) in [6.07, 6.45) is -5.72. The van der Waals surface area contributed by atoms with Crippen LogP contribution in [0.3, 0.4) is 0 Å². The van der Waals surface area contributed by atoms with Crippen molar-refractivity contribution in [1.29, 1.82) is 0 Å². The van der Waals surface area contributed by atoms with E-state index in [1.165, 1.54) is 26.0 Å². The first-order chi connectivity index (χ1) is 40.7. The molecule has 2 fully saturated rings. The Bertz CT molecular complexity index is 3750. The van der Waals surface area contributed by atoms with E-state index in [0.717, 1.165) is 46.1 Å². The van der Waals surface area contributed by atoms with Crippen molar-refractivity contribution >= 4 is 80.0 Å². The van der Waals surface area contributed by atoms with E-state index in [1.807, 2.05) is 29.7 Å². The molecule has 30 heteroatoms. The van der Waals surface area contributed by atoms with Crippen LogP contribution < -0.4 is 31.6 Å². The molecule has 470 valence electrons. The molecule has 3 aliphatic heterocycles. The third-order valence-electron chi connectivity index (χ3n) is 14.2. The van der Waals surface area contributed by atoms with Gasteiger partial charge in [0.05, 0.1) is 29.1 Å². The van der Waals surface area contributed by atoms with Gasteiger partial charge in [0.25, 0.3) is 11.1 Å². The molecule has 23 nitrogen and oxygen atoms in total. The molecule has 3 aliphatic rings. The summed E-state index contributed by atoms with van der Waals surface area (Å²) in [5.41, 5.74) is -1.07. The van der Waals surface area contributed by atoms with Crippen LogP contribution in [0, 0.1) is 13.8 Å². The maximum absolute atomic E-state index is 14.0. The number of aryl methyl sites for hydroxylation is 2. The summed E-state index contributed by atoms with van der Waals surface area (Å²) in [6, 6.07) is 6.19. The van der Waals surface area contributed by atoms with Crippen molar-refractivity contribution in [3.63, 3.8) is 0 Å². The summed E-state index contributed by atoms with van der Waals surface area (Å²) in [5.74, 6) is -0.138. The number of benzene rings is 2. The number of rotatable bonds is 11. The number of allylic oxidation sites excluding steroid dienone is 1. The molecule has 0 unspecified atom stereocenters. The number of fused-ring (bicyclic) bond motifs is 2. The third-order valence-corrected chi connectivity index (χ3v) is 14.5. The van der Waals surface area contributed by atoms with Crippen LogP contribution in [-0.2, 0) is 62.1 Å². The van der Waals surface area contributed by atoms with E-state index in [2.05, 4.69) is 46.7 Å². The topological polar surface area (TPSA) is 237 Å². The van der Waals surface area contributed by atoms with Gasteiger partial charge in [-0.15, -0.1) is 10.2 Å². The van der Waals surface area contributed by atoms with Gasteiger partial charge in [0.15, 0.2) is 5.76 Å². The number of amides is 4. The zero-order valence-corrected chi connectivity index (χ0v) is 51.4. The molecular weight excluding hydrogens is 1220 g/mol. The van der Waals surface area contributed by atoms with Gasteiger partial charge in [-0.25, -0.2) is 9.59 Å². The Labute approximate surface area is 504 Å². The molecule has 0 radical (unpaired) electrons. The number of hydrogen-bond donors (Lipinski definition) is 2. The minimum absolute atomic E-state index is 0.127. The Morgan fingerprint density at radius 1 is 0.621 bits per heavy atom. The number of hydrogen-bond acceptors (Lipinski definition) is 15. The fourth-order valence-electron chi connectivity index (χ4n) is 10.2. The molecule has 7 heterocycles. The van der Waals surface area contributed by atoms with Crippen molar-refractivity contribution in [2.24, 2.45) is 0 Å². The number of nitrogens with zero attached hydrogens (tertiary/aromatic N) is 12. The first kappa shape index (κ1) is 64.8. The predicted molar refractivity (Wildman–Crippen MR) is 314 cm³/mol. The standard InChI is InChI=1S/C31H38F3N7O5.C26H31BrF3N7O4/c1-6-22-25(38-12-14-39(15-13-38)29(44)46-30(3,4)5)27(43)41-28(36-26(37-41)23-9-7-8-16-45-23)40(22)18-24(42)35-21-11-10-20(17-19(21)2)31(32,33)34;1-6-18-20(34-9-11-35(12-10-34)24(40)41-25(3,4)5)21(39)37-23(32-22(27)33-37)36(18)14-19(38)31-17-8-7-16(13-15(17)2)26(28,29)30/h9-11,17H,6-8,12-16,18H2,1-5H3,(H,35,42);7-8,13H,6,9-12,14H2,1-5H3,(H,31,38). The van der Waals surface area contributed by atoms with E-state index in [1.54, 1.807) is 60.5 Å². The number of aromatic nitrogens is 8. The van der Waals surface area contributed by atoms with Crippen molar-refractivity contribution in [1.82, 2.24) is 48.1 Å². The highest BCUT2D eigenvalue weighted by Gasteiger charge is 2.35. The molecule has 87 heavy (non-hydrogen) atoms. The van der Waals surface area contributed by atoms with E-state index in [-0.39, 0.29) is 57.7 Å². The Morgan fingerprint density at radius 3 is 1.40 bits per heavy atom. The van der Waals surface area contributed by atoms with Crippen LogP contribution in [0.2, 0.25) is 0 Å². The van der Waals surface area contributed by atoms with Crippen molar-refractivity contribution in [3.8, 4) is 0 Å². The van der Waals surface area contributed by atoms with Gasteiger partial charge in [0.2, 0.25) is 33.9 Å². The van der Waals surface area contributed by atoms with Crippen LogP contribution in [0.1, 0.15) is 108 Å². The van der Waals surface area contributed by atoms with Crippen molar-refractivity contribution < 1.29 is 59.7 Å². The van der Waals surface area contributed by atoms with E-state index < -0.39 is 69.8 Å². The number of nitrogens with one attached hydrogen (secondary N) is 2. The molecule has 6 aromatic rings. The second kappa shape index (κ2) is 25.6. The second-order valence-corrected chi connectivity index (χ2v) is 23.6. The number of carbonyl (C=O) groups excluding carboxylic acids is 4. The first-order valence-corrected chi connectivity index (χ1v) is 29.0. The monoisotopic (exact) mass is 1290 g/mol. The molecule has 0 bridgehead atoms. The van der Waals surface area contributed by atoms with Gasteiger partial charge in [-0.3, -0.25) is 19.2 Å². The minimum atomic E-state index is -4.51. The average molecular weight is 1290 g/mol. The Morgan fingerprint density at radius 2 is 1.03 bits per heavy atom. The highest BCUT2D eigenvalue weighted by atomic mass is 79.9. The number of anilines is 4. The summed E-state index contributed by atoms with van der Waals surface area (Å²) in [7, 11) is 0. The lowest BCUT2D eigenvalue weighted by Crippen LogP contribution is -2.51. The number of ether oxygens (including phenoxy) is 3. The van der Waals surface area contributed by atoms with Crippen LogP contribution in [-0.4, -0.2) is 142 Å². The Kier molecular flexibility index (Phi) is 19.1. The molecule has 2 N–H and O–H groups in total. The molecule has 9 rings (SSSR count). The summed E-state index contributed by atoms with van der Waals surface area (Å²) in [6.45, 7) is 19.9. The number of carbonyl (C=O) groups is 4. The second-order valence-electron chi connectivity index (χ2n) is 22.9. The molecule has 0 saturated carbocycles. The maximum Gasteiger partial charge on any atom is 0.416 e. The smallest absolute Gasteiger partial charge is 0.416 e. The van der Waals surface area contributed by atoms with Gasteiger partial charge in [0, 0.05) is 63.7 Å². The van der Waals surface area contributed by atoms with Gasteiger partial charge in [-0.2, -0.15) is 45.3 Å². The van der Waals surface area contributed by atoms with Crippen molar-refractivity contribution in [3.05, 3.63) is 107 Å². The summed E-state index contributed by atoms with van der Waals surface area (Å²) >= 11 is 3.20. The van der Waals surface area contributed by atoms with Crippen molar-refractivity contribution in [2.45, 2.75) is 132 Å². The lowest BCUT2D eigenvalue weighted by Gasteiger charge is -2.37. The highest BCUT2D eigenvalue weighted by Crippen LogP contribution is 2.34. The van der Waals surface area contributed by atoms with Crippen LogP contribution in [0.4, 0.5) is 58.7 Å². The maximum atomic E-state index is 14.0. The predicted octanol–water partition coefficient (Wildman–Crippen LogP) is 8.87. The molecule has 2 aromatic carbocycles. The van der Waals surface area contributed by atoms with Crippen LogP contribution in [0.5, 0.6) is 0 Å². The SMILES string of the molecule is CCc1c(N2CCN(C(=O)OC(C)(C)C)CC2)c(=O)n2nc(Br)nc2n1CC(=O)Nc1ccc(C(F)(F)F)cc1C.CCc1c(N2CCN(C(=O)OC(C)(C)C)CC2)c(=O)n2nc(C3=CCCCO3)nc2n1CC(=O)Nc1ccc(C(F)(F)F)cc1C. The van der Waals surface area contributed by atoms with E-state index in [0.29, 0.717) is 100 Å². The molecule has 2 saturated heterocycles. The minimum Gasteiger partial charge on any atom is -0.490 e. The number of piperazine rings is 2. The lowest BCUT2D eigenvalue weighted by atomic mass is 10.1. The van der Waals surface area contributed by atoms with Crippen molar-refractivity contribution in [2.75, 3.05) is 79.4 Å². The van der Waals surface area contributed by atoms with E-state index in [9.17, 15) is 55.1 Å². The van der Waals surface area contributed by atoms with Gasteiger partial charge >= 0.3 is 24.5 Å². The fraction of sp³-hybridized carbons (Fsp3) is 0.509. The van der Waals surface area contributed by atoms with Crippen LogP contribution in [0.25, 0.3) is 17.3 Å². The van der Waals surface area contributed by atoms with Gasteiger partial charge in [-0.1, -0.05) is 13.8 Å². The number of alkyl halides is 6. The van der Waals surface area contributed by atoms with Crippen LogP contribution >= 0.6 is 15.9 Å². The molecule has 0 atom stereocenters. The molecular formula is C57H69BrF6N14O9. The normalized spacial score (nSPS) is 15.2. The first-order valence-electron chi connectivity index (χ1n) is 28.2. The molecule has 4 aromatic heterocycles. The van der Waals surface area contributed by atoms with Gasteiger partial charge in [0.1, 0.15) is 35.7 Å². The third kappa shape index (κ3) is 15.2. The zero-order valence-electron chi connectivity index (χ0n) is 49.8. The van der Waals surface area contributed by atoms with E-state index >= 15 is 0 Å². The van der Waals surface area contributed by atoms with Gasteiger partial charge < -0.3 is 53.6 Å². The zero-order chi connectivity index (χ0) is 63.7. The van der Waals surface area contributed by atoms with Gasteiger partial charge in [-0.05, 0) is 151 Å². The lowest BCUT2D eigenvalue weighted by molar-refractivity contribution is -0.138. The molecule has 0 aliphatic carbocycles.